The Labute approximate surface area is 204 Å². The standard InChI is InChI=1S/C27H30N4O2S/c1-5-7-13-29-26(32)23-16-25(31(18(23)3)21-8-10-22(33-4)11-9-21)24-17-34-27(30-24)19-12-14-28-20(6-2)15-19/h8-12,14-17H,5-7,13H2,1-4H3,(H,29,32). The maximum atomic E-state index is 13.0. The molecule has 176 valence electrons. The molecule has 0 fully saturated rings. The summed E-state index contributed by atoms with van der Waals surface area (Å²) in [5.41, 5.74) is 6.30. The third-order valence-corrected chi connectivity index (χ3v) is 6.72. The number of carbonyl (C=O) groups excluding carboxylic acids is 1. The van der Waals surface area contributed by atoms with Crippen molar-refractivity contribution in [2.75, 3.05) is 13.7 Å². The van der Waals surface area contributed by atoms with Gasteiger partial charge in [0.1, 0.15) is 10.8 Å². The minimum absolute atomic E-state index is 0.0587. The Morgan fingerprint density at radius 2 is 1.94 bits per heavy atom. The monoisotopic (exact) mass is 474 g/mol. The fraction of sp³-hybridized carbons (Fsp3) is 0.296. The molecule has 0 atom stereocenters. The lowest BCUT2D eigenvalue weighted by Gasteiger charge is -2.12. The Morgan fingerprint density at radius 3 is 2.65 bits per heavy atom. The van der Waals surface area contributed by atoms with Crippen molar-refractivity contribution >= 4 is 17.2 Å². The fourth-order valence-corrected chi connectivity index (χ4v) is 4.70. The van der Waals surface area contributed by atoms with E-state index in [4.69, 9.17) is 9.72 Å². The average Bonchev–Trinajstić information content (AvgIpc) is 3.49. The van der Waals surface area contributed by atoms with Crippen LogP contribution in [0.15, 0.2) is 54.0 Å². The first kappa shape index (κ1) is 23.7. The molecule has 7 heteroatoms. The smallest absolute Gasteiger partial charge is 0.253 e. The molecule has 0 bridgehead atoms. The first-order valence-electron chi connectivity index (χ1n) is 11.6. The molecule has 0 aliphatic heterocycles. The Bertz CT molecular complexity index is 1270. The number of unbranched alkanes of at least 4 members (excludes halogenated alkanes) is 1. The third kappa shape index (κ3) is 4.89. The van der Waals surface area contributed by atoms with Gasteiger partial charge in [0.2, 0.25) is 0 Å². The van der Waals surface area contributed by atoms with Gasteiger partial charge in [-0.05, 0) is 62.2 Å². The number of benzene rings is 1. The minimum atomic E-state index is -0.0587. The topological polar surface area (TPSA) is 69.0 Å². The molecule has 4 rings (SSSR count). The largest absolute Gasteiger partial charge is 0.497 e. The Hall–Kier alpha value is -3.45. The molecule has 6 nitrogen and oxygen atoms in total. The van der Waals surface area contributed by atoms with E-state index in [1.54, 1.807) is 18.4 Å². The van der Waals surface area contributed by atoms with Crippen LogP contribution in [0.3, 0.4) is 0 Å². The van der Waals surface area contributed by atoms with Crippen LogP contribution in [0, 0.1) is 6.92 Å². The highest BCUT2D eigenvalue weighted by molar-refractivity contribution is 7.13. The van der Waals surface area contributed by atoms with Crippen LogP contribution in [0.2, 0.25) is 0 Å². The number of nitrogens with zero attached hydrogens (tertiary/aromatic N) is 3. The quantitative estimate of drug-likeness (QED) is 0.299. The van der Waals surface area contributed by atoms with Gasteiger partial charge in [0.05, 0.1) is 24.1 Å². The van der Waals surface area contributed by atoms with E-state index >= 15 is 0 Å². The van der Waals surface area contributed by atoms with Crippen LogP contribution in [0.1, 0.15) is 48.4 Å². The highest BCUT2D eigenvalue weighted by Gasteiger charge is 2.21. The summed E-state index contributed by atoms with van der Waals surface area (Å²) in [6.45, 7) is 6.85. The SMILES string of the molecule is CCCCNC(=O)c1cc(-c2csc(-c3ccnc(CC)c3)n2)n(-c2ccc(OC)cc2)c1C. The molecule has 0 radical (unpaired) electrons. The maximum Gasteiger partial charge on any atom is 0.253 e. The summed E-state index contributed by atoms with van der Waals surface area (Å²) in [4.78, 5) is 22.3. The number of amides is 1. The molecule has 0 aliphatic carbocycles. The van der Waals surface area contributed by atoms with Crippen molar-refractivity contribution in [2.24, 2.45) is 0 Å². The molecule has 0 spiro atoms. The van der Waals surface area contributed by atoms with Crippen LogP contribution in [0.25, 0.3) is 27.6 Å². The van der Waals surface area contributed by atoms with Crippen molar-refractivity contribution in [1.82, 2.24) is 19.9 Å². The van der Waals surface area contributed by atoms with E-state index in [1.807, 2.05) is 49.5 Å². The molecule has 1 aromatic carbocycles. The Morgan fingerprint density at radius 1 is 1.15 bits per heavy atom. The summed E-state index contributed by atoms with van der Waals surface area (Å²) in [7, 11) is 1.65. The first-order chi connectivity index (χ1) is 16.5. The zero-order chi connectivity index (χ0) is 24.1. The van der Waals surface area contributed by atoms with Gasteiger partial charge in [0, 0.05) is 40.8 Å². The number of carbonyl (C=O) groups is 1. The van der Waals surface area contributed by atoms with Gasteiger partial charge >= 0.3 is 0 Å². The number of hydrogen-bond acceptors (Lipinski definition) is 5. The molecule has 4 aromatic rings. The number of hydrogen-bond donors (Lipinski definition) is 1. The van der Waals surface area contributed by atoms with Crippen molar-refractivity contribution in [1.29, 1.82) is 0 Å². The normalized spacial score (nSPS) is 10.9. The van der Waals surface area contributed by atoms with E-state index in [-0.39, 0.29) is 5.91 Å². The summed E-state index contributed by atoms with van der Waals surface area (Å²) in [5.74, 6) is 0.727. The zero-order valence-corrected chi connectivity index (χ0v) is 20.9. The van der Waals surface area contributed by atoms with Gasteiger partial charge in [-0.3, -0.25) is 9.78 Å². The molecule has 0 saturated carbocycles. The summed E-state index contributed by atoms with van der Waals surface area (Å²) < 4.78 is 7.42. The summed E-state index contributed by atoms with van der Waals surface area (Å²) >= 11 is 1.59. The van der Waals surface area contributed by atoms with Gasteiger partial charge in [-0.1, -0.05) is 20.3 Å². The van der Waals surface area contributed by atoms with Crippen LogP contribution < -0.4 is 10.1 Å². The molecule has 34 heavy (non-hydrogen) atoms. The van der Waals surface area contributed by atoms with Gasteiger partial charge in [-0.2, -0.15) is 0 Å². The zero-order valence-electron chi connectivity index (χ0n) is 20.1. The number of aromatic nitrogens is 3. The van der Waals surface area contributed by atoms with Gasteiger partial charge in [0.15, 0.2) is 0 Å². The Kier molecular flexibility index (Phi) is 7.43. The lowest BCUT2D eigenvalue weighted by atomic mass is 10.2. The molecule has 1 amide bonds. The lowest BCUT2D eigenvalue weighted by Crippen LogP contribution is -2.24. The second kappa shape index (κ2) is 10.7. The van der Waals surface area contributed by atoms with Crippen LogP contribution in [0.4, 0.5) is 0 Å². The van der Waals surface area contributed by atoms with E-state index in [9.17, 15) is 4.79 Å². The Balaban J connectivity index is 1.78. The summed E-state index contributed by atoms with van der Waals surface area (Å²) in [6.07, 6.45) is 4.70. The summed E-state index contributed by atoms with van der Waals surface area (Å²) in [5, 5.41) is 6.03. The van der Waals surface area contributed by atoms with Gasteiger partial charge < -0.3 is 14.6 Å². The number of pyridine rings is 1. The van der Waals surface area contributed by atoms with Crippen LogP contribution in [-0.4, -0.2) is 34.1 Å². The van der Waals surface area contributed by atoms with Crippen molar-refractivity contribution in [2.45, 2.75) is 40.0 Å². The van der Waals surface area contributed by atoms with Crippen molar-refractivity contribution in [3.63, 3.8) is 0 Å². The molecular weight excluding hydrogens is 444 g/mol. The third-order valence-electron chi connectivity index (χ3n) is 5.83. The fourth-order valence-electron chi connectivity index (χ4n) is 3.89. The van der Waals surface area contributed by atoms with E-state index < -0.39 is 0 Å². The van der Waals surface area contributed by atoms with Gasteiger partial charge in [-0.15, -0.1) is 11.3 Å². The molecule has 1 N–H and O–H groups in total. The van der Waals surface area contributed by atoms with E-state index in [1.165, 1.54) is 0 Å². The van der Waals surface area contributed by atoms with E-state index in [0.29, 0.717) is 12.1 Å². The predicted octanol–water partition coefficient (Wildman–Crippen LogP) is 6.07. The molecule has 3 heterocycles. The van der Waals surface area contributed by atoms with Crippen molar-refractivity contribution in [3.8, 4) is 33.4 Å². The van der Waals surface area contributed by atoms with Crippen LogP contribution in [0.5, 0.6) is 5.75 Å². The number of methoxy groups -OCH3 is 1. The molecular formula is C27H30N4O2S. The van der Waals surface area contributed by atoms with Crippen LogP contribution in [-0.2, 0) is 6.42 Å². The molecule has 0 unspecified atom stereocenters. The summed E-state index contributed by atoms with van der Waals surface area (Å²) in [6, 6.07) is 13.9. The van der Waals surface area contributed by atoms with E-state index in [0.717, 1.165) is 64.0 Å². The number of rotatable bonds is 9. The van der Waals surface area contributed by atoms with Crippen molar-refractivity contribution < 1.29 is 9.53 Å². The highest BCUT2D eigenvalue weighted by atomic mass is 32.1. The second-order valence-corrected chi connectivity index (χ2v) is 8.96. The predicted molar refractivity (Wildman–Crippen MR) is 138 cm³/mol. The molecule has 3 aromatic heterocycles. The molecule has 0 saturated heterocycles. The highest BCUT2D eigenvalue weighted by Crippen LogP contribution is 2.34. The number of aryl methyl sites for hydroxylation is 1. The average molecular weight is 475 g/mol. The lowest BCUT2D eigenvalue weighted by molar-refractivity contribution is 0.0952. The van der Waals surface area contributed by atoms with Crippen LogP contribution >= 0.6 is 11.3 Å². The number of nitrogens with one attached hydrogen (secondary N) is 1. The van der Waals surface area contributed by atoms with Gasteiger partial charge in [-0.25, -0.2) is 4.98 Å². The van der Waals surface area contributed by atoms with Gasteiger partial charge in [0.25, 0.3) is 5.91 Å². The van der Waals surface area contributed by atoms with Crippen molar-refractivity contribution in [3.05, 3.63) is 71.0 Å². The minimum Gasteiger partial charge on any atom is -0.497 e. The second-order valence-electron chi connectivity index (χ2n) is 8.10. The maximum absolute atomic E-state index is 13.0. The number of ether oxygens (including phenoxy) is 1. The molecule has 0 aliphatic rings. The first-order valence-corrected chi connectivity index (χ1v) is 12.5. The number of thiazole rings is 1. The van der Waals surface area contributed by atoms with E-state index in [2.05, 4.69) is 40.2 Å².